The van der Waals surface area contributed by atoms with Crippen LogP contribution in [0.4, 0.5) is 0 Å². The minimum Gasteiger partial charge on any atom is -0.364 e. The number of aromatic nitrogens is 1. The zero-order valence-corrected chi connectivity index (χ0v) is 12.6. The fourth-order valence-corrected chi connectivity index (χ4v) is 3.67. The minimum absolute atomic E-state index is 0.124. The molecular formula is C16H23N3O2. The van der Waals surface area contributed by atoms with Crippen molar-refractivity contribution >= 4 is 5.91 Å². The van der Waals surface area contributed by atoms with Gasteiger partial charge in [-0.2, -0.15) is 0 Å². The molecule has 2 aliphatic heterocycles. The maximum atomic E-state index is 12.6. The van der Waals surface area contributed by atoms with Crippen molar-refractivity contribution in [3.05, 3.63) is 33.7 Å². The van der Waals surface area contributed by atoms with Gasteiger partial charge < -0.3 is 15.2 Å². The van der Waals surface area contributed by atoms with Gasteiger partial charge in [0, 0.05) is 43.0 Å². The topological polar surface area (TPSA) is 65.2 Å². The molecule has 114 valence electrons. The highest BCUT2D eigenvalue weighted by molar-refractivity contribution is 5.93. The van der Waals surface area contributed by atoms with Gasteiger partial charge in [-0.05, 0) is 39.2 Å². The highest BCUT2D eigenvalue weighted by Crippen LogP contribution is 2.36. The molecule has 2 aliphatic rings. The number of piperidine rings is 2. The number of hydrogen-bond acceptors (Lipinski definition) is 3. The molecule has 0 bridgehead atoms. The second-order valence-corrected chi connectivity index (χ2v) is 6.50. The van der Waals surface area contributed by atoms with Gasteiger partial charge in [0.05, 0.1) is 0 Å². The number of nitrogens with zero attached hydrogens (tertiary/aromatic N) is 1. The fourth-order valence-electron chi connectivity index (χ4n) is 3.67. The van der Waals surface area contributed by atoms with Crippen molar-refractivity contribution in [3.63, 3.8) is 0 Å². The number of H-pyrrole nitrogens is 1. The number of rotatable bonds is 1. The highest BCUT2D eigenvalue weighted by atomic mass is 16.2. The lowest BCUT2D eigenvalue weighted by molar-refractivity contribution is 0.0432. The van der Waals surface area contributed by atoms with E-state index in [0.29, 0.717) is 0 Å². The van der Waals surface area contributed by atoms with Crippen LogP contribution in [0.5, 0.6) is 0 Å². The smallest absolute Gasteiger partial charge is 0.259 e. The molecular weight excluding hydrogens is 266 g/mol. The van der Waals surface area contributed by atoms with E-state index in [4.69, 9.17) is 0 Å². The van der Waals surface area contributed by atoms with E-state index in [2.05, 4.69) is 10.3 Å². The molecule has 2 N–H and O–H groups in total. The van der Waals surface area contributed by atoms with Crippen molar-refractivity contribution < 1.29 is 4.79 Å². The van der Waals surface area contributed by atoms with Crippen molar-refractivity contribution in [1.29, 1.82) is 0 Å². The largest absolute Gasteiger partial charge is 0.364 e. The summed E-state index contributed by atoms with van der Waals surface area (Å²) in [6.07, 6.45) is 6.10. The normalized spacial score (nSPS) is 26.0. The Bertz CT molecular complexity index is 582. The van der Waals surface area contributed by atoms with Gasteiger partial charge in [-0.3, -0.25) is 9.59 Å². The molecule has 3 heterocycles. The standard InChI is InChI=1S/C16H23N3O2/c1-12-8-14(20)13(9-18-12)15(21)19-7-3-5-16(11-19)4-2-6-17-10-16/h8-9,17H,2-7,10-11H2,1H3,(H,18,20). The van der Waals surface area contributed by atoms with Gasteiger partial charge in [-0.25, -0.2) is 0 Å². The molecule has 1 atom stereocenters. The predicted molar refractivity (Wildman–Crippen MR) is 81.5 cm³/mol. The molecule has 0 saturated carbocycles. The molecule has 5 nitrogen and oxygen atoms in total. The van der Waals surface area contributed by atoms with Gasteiger partial charge in [0.1, 0.15) is 5.56 Å². The van der Waals surface area contributed by atoms with Gasteiger partial charge in [-0.15, -0.1) is 0 Å². The third kappa shape index (κ3) is 2.88. The third-order valence-corrected chi connectivity index (χ3v) is 4.80. The van der Waals surface area contributed by atoms with E-state index in [-0.39, 0.29) is 22.3 Å². The molecule has 3 rings (SSSR count). The van der Waals surface area contributed by atoms with Gasteiger partial charge in [0.15, 0.2) is 5.43 Å². The summed E-state index contributed by atoms with van der Waals surface area (Å²) in [6.45, 7) is 5.41. The lowest BCUT2D eigenvalue weighted by Gasteiger charge is -2.45. The first-order valence-electron chi connectivity index (χ1n) is 7.79. The van der Waals surface area contributed by atoms with Gasteiger partial charge in [-0.1, -0.05) is 0 Å². The average molecular weight is 289 g/mol. The quantitative estimate of drug-likeness (QED) is 0.819. The van der Waals surface area contributed by atoms with Crippen molar-refractivity contribution in [2.24, 2.45) is 5.41 Å². The van der Waals surface area contributed by atoms with Crippen molar-refractivity contribution in [2.45, 2.75) is 32.6 Å². The number of carbonyl (C=O) groups is 1. The zero-order chi connectivity index (χ0) is 14.9. The lowest BCUT2D eigenvalue weighted by Crippen LogP contribution is -2.53. The Balaban J connectivity index is 1.79. The summed E-state index contributed by atoms with van der Waals surface area (Å²) in [5.41, 5.74) is 1.08. The summed E-state index contributed by atoms with van der Waals surface area (Å²) in [6, 6.07) is 1.50. The van der Waals surface area contributed by atoms with Crippen LogP contribution in [-0.4, -0.2) is 42.0 Å². The summed E-state index contributed by atoms with van der Waals surface area (Å²) >= 11 is 0. The van der Waals surface area contributed by atoms with Crippen LogP contribution in [0.2, 0.25) is 0 Å². The molecule has 2 saturated heterocycles. The maximum absolute atomic E-state index is 12.6. The van der Waals surface area contributed by atoms with Crippen molar-refractivity contribution in [3.8, 4) is 0 Å². The van der Waals surface area contributed by atoms with Crippen LogP contribution in [-0.2, 0) is 0 Å². The number of carbonyl (C=O) groups excluding carboxylic acids is 1. The van der Waals surface area contributed by atoms with Gasteiger partial charge in [0.25, 0.3) is 5.91 Å². The van der Waals surface area contributed by atoms with Crippen LogP contribution < -0.4 is 10.7 Å². The molecule has 1 aromatic rings. The third-order valence-electron chi connectivity index (χ3n) is 4.80. The van der Waals surface area contributed by atoms with E-state index in [9.17, 15) is 9.59 Å². The number of aryl methyl sites for hydroxylation is 1. The summed E-state index contributed by atoms with van der Waals surface area (Å²) in [5, 5.41) is 3.46. The summed E-state index contributed by atoms with van der Waals surface area (Å²) < 4.78 is 0. The van der Waals surface area contributed by atoms with E-state index < -0.39 is 0 Å². The van der Waals surface area contributed by atoms with E-state index in [1.165, 1.54) is 25.3 Å². The second kappa shape index (κ2) is 5.64. The van der Waals surface area contributed by atoms with Gasteiger partial charge in [0.2, 0.25) is 0 Å². The molecule has 1 spiro atoms. The van der Waals surface area contributed by atoms with E-state index in [0.717, 1.165) is 38.3 Å². The van der Waals surface area contributed by atoms with Crippen molar-refractivity contribution in [2.75, 3.05) is 26.2 Å². The summed E-state index contributed by atoms with van der Waals surface area (Å²) in [5.74, 6) is -0.124. The Morgan fingerprint density at radius 2 is 2.14 bits per heavy atom. The lowest BCUT2D eigenvalue weighted by atomic mass is 9.74. The Kier molecular flexibility index (Phi) is 3.85. The molecule has 0 aromatic carbocycles. The molecule has 1 unspecified atom stereocenters. The summed E-state index contributed by atoms with van der Waals surface area (Å²) in [7, 11) is 0. The van der Waals surface area contributed by atoms with E-state index in [1.54, 1.807) is 6.20 Å². The number of amides is 1. The number of nitrogens with one attached hydrogen (secondary N) is 2. The molecule has 1 aromatic heterocycles. The number of hydrogen-bond donors (Lipinski definition) is 2. The fraction of sp³-hybridized carbons (Fsp3) is 0.625. The summed E-state index contributed by atoms with van der Waals surface area (Å²) in [4.78, 5) is 29.5. The first-order chi connectivity index (χ1) is 10.1. The monoisotopic (exact) mass is 289 g/mol. The minimum atomic E-state index is -0.183. The van der Waals surface area contributed by atoms with Gasteiger partial charge >= 0.3 is 0 Å². The van der Waals surface area contributed by atoms with Crippen LogP contribution in [0.15, 0.2) is 17.1 Å². The average Bonchev–Trinajstić information content (AvgIpc) is 2.47. The Morgan fingerprint density at radius 1 is 1.33 bits per heavy atom. The Hall–Kier alpha value is -1.62. The number of likely N-dealkylation sites (tertiary alicyclic amines) is 1. The SMILES string of the molecule is Cc1cc(=O)c(C(=O)N2CCCC3(CCCNC3)C2)c[nH]1. The molecule has 2 fully saturated rings. The Labute approximate surface area is 124 Å². The maximum Gasteiger partial charge on any atom is 0.259 e. The van der Waals surface area contributed by atoms with Crippen LogP contribution in [0.25, 0.3) is 0 Å². The molecule has 5 heteroatoms. The van der Waals surface area contributed by atoms with Crippen LogP contribution in [0.1, 0.15) is 41.7 Å². The van der Waals surface area contributed by atoms with E-state index >= 15 is 0 Å². The van der Waals surface area contributed by atoms with Crippen LogP contribution in [0, 0.1) is 12.3 Å². The van der Waals surface area contributed by atoms with Crippen LogP contribution in [0.3, 0.4) is 0 Å². The van der Waals surface area contributed by atoms with Crippen molar-refractivity contribution in [1.82, 2.24) is 15.2 Å². The first kappa shape index (κ1) is 14.3. The highest BCUT2D eigenvalue weighted by Gasteiger charge is 2.38. The molecule has 1 amide bonds. The number of aromatic amines is 1. The second-order valence-electron chi connectivity index (χ2n) is 6.50. The molecule has 0 radical (unpaired) electrons. The molecule has 0 aliphatic carbocycles. The Morgan fingerprint density at radius 3 is 2.86 bits per heavy atom. The predicted octanol–water partition coefficient (Wildman–Crippen LogP) is 1.29. The number of pyridine rings is 1. The van der Waals surface area contributed by atoms with E-state index in [1.807, 2.05) is 11.8 Å². The molecule has 21 heavy (non-hydrogen) atoms. The zero-order valence-electron chi connectivity index (χ0n) is 12.6. The first-order valence-corrected chi connectivity index (χ1v) is 7.79. The van der Waals surface area contributed by atoms with Crippen LogP contribution >= 0.6 is 0 Å².